The molecule has 1 aliphatic rings. The van der Waals surface area contributed by atoms with Gasteiger partial charge in [0.1, 0.15) is 17.2 Å². The third-order valence-electron chi connectivity index (χ3n) is 3.68. The molecule has 1 N–H and O–H groups in total. The van der Waals surface area contributed by atoms with E-state index >= 15 is 0 Å². The van der Waals surface area contributed by atoms with Gasteiger partial charge in [0, 0.05) is 12.2 Å². The van der Waals surface area contributed by atoms with Gasteiger partial charge in [-0.3, -0.25) is 9.10 Å². The molecule has 1 aliphatic heterocycles. The molecule has 2 aromatic carbocycles. The van der Waals surface area contributed by atoms with Crippen LogP contribution in [0.2, 0.25) is 0 Å². The molecule has 0 atom stereocenters. The Morgan fingerprint density at radius 1 is 1.08 bits per heavy atom. The van der Waals surface area contributed by atoms with Gasteiger partial charge in [-0.05, 0) is 36.8 Å². The molecule has 0 aliphatic carbocycles. The molecule has 5 nitrogen and oxygen atoms in total. The van der Waals surface area contributed by atoms with Crippen molar-refractivity contribution in [3.05, 3.63) is 59.7 Å². The average Bonchev–Trinajstić information content (AvgIpc) is 2.86. The highest BCUT2D eigenvalue weighted by Gasteiger charge is 2.28. The average molecular weight is 352 g/mol. The summed E-state index contributed by atoms with van der Waals surface area (Å²) < 4.78 is 52.4. The quantitative estimate of drug-likeness (QED) is 0.924. The summed E-state index contributed by atoms with van der Waals surface area (Å²) >= 11 is 0. The van der Waals surface area contributed by atoms with Crippen molar-refractivity contribution < 1.29 is 22.0 Å². The number of hydrogen-bond acceptors (Lipinski definition) is 3. The summed E-state index contributed by atoms with van der Waals surface area (Å²) in [5, 5.41) is 2.39. The predicted octanol–water partition coefficient (Wildman–Crippen LogP) is 2.76. The maximum atomic E-state index is 13.6. The SMILES string of the molecule is O=C(Nc1cccc(N2CCCS2(=O)=O)c1)c1c(F)cccc1F. The van der Waals surface area contributed by atoms with Crippen molar-refractivity contribution in [3.63, 3.8) is 0 Å². The molecule has 1 fully saturated rings. The lowest BCUT2D eigenvalue weighted by molar-refractivity contribution is 0.101. The Labute approximate surface area is 138 Å². The minimum Gasteiger partial charge on any atom is -0.322 e. The van der Waals surface area contributed by atoms with Crippen molar-refractivity contribution in [2.45, 2.75) is 6.42 Å². The molecule has 3 rings (SSSR count). The minimum atomic E-state index is -3.35. The van der Waals surface area contributed by atoms with Crippen LogP contribution >= 0.6 is 0 Å². The van der Waals surface area contributed by atoms with Gasteiger partial charge < -0.3 is 5.32 Å². The first-order chi connectivity index (χ1) is 11.4. The number of amides is 1. The molecular formula is C16H14F2N2O3S. The summed E-state index contributed by atoms with van der Waals surface area (Å²) in [4.78, 5) is 12.1. The maximum Gasteiger partial charge on any atom is 0.261 e. The fourth-order valence-electron chi connectivity index (χ4n) is 2.58. The van der Waals surface area contributed by atoms with Gasteiger partial charge >= 0.3 is 0 Å². The largest absolute Gasteiger partial charge is 0.322 e. The van der Waals surface area contributed by atoms with Crippen molar-refractivity contribution in [1.29, 1.82) is 0 Å². The van der Waals surface area contributed by atoms with E-state index in [1.54, 1.807) is 12.1 Å². The van der Waals surface area contributed by atoms with E-state index in [0.29, 0.717) is 18.7 Å². The van der Waals surface area contributed by atoms with Crippen molar-refractivity contribution >= 4 is 27.3 Å². The lowest BCUT2D eigenvalue weighted by atomic mass is 10.1. The Bertz CT molecular complexity index is 880. The summed E-state index contributed by atoms with van der Waals surface area (Å²) in [7, 11) is -3.35. The number of nitrogens with one attached hydrogen (secondary N) is 1. The van der Waals surface area contributed by atoms with Crippen LogP contribution in [-0.4, -0.2) is 26.6 Å². The minimum absolute atomic E-state index is 0.0734. The van der Waals surface area contributed by atoms with Gasteiger partial charge in [0.05, 0.1) is 11.4 Å². The molecule has 0 radical (unpaired) electrons. The molecule has 8 heteroatoms. The summed E-state index contributed by atoms with van der Waals surface area (Å²) in [5.74, 6) is -2.80. The lowest BCUT2D eigenvalue weighted by Crippen LogP contribution is -2.25. The molecule has 126 valence electrons. The van der Waals surface area contributed by atoms with Crippen LogP contribution in [0.15, 0.2) is 42.5 Å². The monoisotopic (exact) mass is 352 g/mol. The van der Waals surface area contributed by atoms with Crippen molar-refractivity contribution in [2.24, 2.45) is 0 Å². The molecule has 1 saturated heterocycles. The highest BCUT2D eigenvalue weighted by Crippen LogP contribution is 2.26. The second-order valence-electron chi connectivity index (χ2n) is 5.34. The molecule has 0 saturated carbocycles. The Kier molecular flexibility index (Phi) is 4.23. The number of halogens is 2. The van der Waals surface area contributed by atoms with Crippen molar-refractivity contribution in [3.8, 4) is 0 Å². The van der Waals surface area contributed by atoms with E-state index in [4.69, 9.17) is 0 Å². The topological polar surface area (TPSA) is 66.5 Å². The van der Waals surface area contributed by atoms with Gasteiger partial charge in [0.25, 0.3) is 5.91 Å². The molecule has 0 spiro atoms. The van der Waals surface area contributed by atoms with E-state index in [1.165, 1.54) is 22.5 Å². The van der Waals surface area contributed by atoms with Crippen LogP contribution in [0.4, 0.5) is 20.2 Å². The Balaban J connectivity index is 1.87. The van der Waals surface area contributed by atoms with Gasteiger partial charge in [-0.1, -0.05) is 12.1 Å². The van der Waals surface area contributed by atoms with Gasteiger partial charge in [-0.2, -0.15) is 0 Å². The number of rotatable bonds is 3. The lowest BCUT2D eigenvalue weighted by Gasteiger charge is -2.17. The van der Waals surface area contributed by atoms with Crippen LogP contribution in [0, 0.1) is 11.6 Å². The number of hydrogen-bond donors (Lipinski definition) is 1. The van der Waals surface area contributed by atoms with Crippen LogP contribution in [0.1, 0.15) is 16.8 Å². The summed E-state index contributed by atoms with van der Waals surface area (Å²) in [6, 6.07) is 9.29. The zero-order valence-electron chi connectivity index (χ0n) is 12.5. The molecule has 2 aromatic rings. The number of benzene rings is 2. The van der Waals surface area contributed by atoms with E-state index in [0.717, 1.165) is 12.1 Å². The number of carbonyl (C=O) groups is 1. The smallest absolute Gasteiger partial charge is 0.261 e. The van der Waals surface area contributed by atoms with Crippen LogP contribution in [0.25, 0.3) is 0 Å². The van der Waals surface area contributed by atoms with Crippen molar-refractivity contribution in [1.82, 2.24) is 0 Å². The number of sulfonamides is 1. The van der Waals surface area contributed by atoms with Crippen LogP contribution in [-0.2, 0) is 10.0 Å². The Morgan fingerprint density at radius 2 is 1.75 bits per heavy atom. The molecule has 1 amide bonds. The summed E-state index contributed by atoms with van der Waals surface area (Å²) in [6.07, 6.45) is 0.527. The third-order valence-corrected chi connectivity index (χ3v) is 5.55. The van der Waals surface area contributed by atoms with E-state index in [2.05, 4.69) is 5.32 Å². The van der Waals surface area contributed by atoms with Crippen LogP contribution in [0.5, 0.6) is 0 Å². The third kappa shape index (κ3) is 3.09. The van der Waals surface area contributed by atoms with Gasteiger partial charge in [0.2, 0.25) is 10.0 Å². The molecular weight excluding hydrogens is 338 g/mol. The highest BCUT2D eigenvalue weighted by molar-refractivity contribution is 7.93. The van der Waals surface area contributed by atoms with E-state index in [9.17, 15) is 22.0 Å². The normalized spacial score (nSPS) is 16.2. The first kappa shape index (κ1) is 16.4. The van der Waals surface area contributed by atoms with E-state index < -0.39 is 33.1 Å². The fraction of sp³-hybridized carbons (Fsp3) is 0.188. The zero-order chi connectivity index (χ0) is 17.3. The van der Waals surface area contributed by atoms with E-state index in [-0.39, 0.29) is 11.4 Å². The Hall–Kier alpha value is -2.48. The summed E-state index contributed by atoms with van der Waals surface area (Å²) in [5.41, 5.74) is -0.0294. The zero-order valence-corrected chi connectivity index (χ0v) is 13.3. The fourth-order valence-corrected chi connectivity index (χ4v) is 4.13. The Morgan fingerprint density at radius 3 is 2.38 bits per heavy atom. The first-order valence-electron chi connectivity index (χ1n) is 7.24. The van der Waals surface area contributed by atoms with Crippen molar-refractivity contribution in [2.75, 3.05) is 21.9 Å². The standard InChI is InChI=1S/C16H14F2N2O3S/c17-13-6-2-7-14(18)15(13)16(21)19-11-4-1-5-12(10-11)20-8-3-9-24(20,22)23/h1-2,4-7,10H,3,8-9H2,(H,19,21). The second-order valence-corrected chi connectivity index (χ2v) is 7.36. The highest BCUT2D eigenvalue weighted by atomic mass is 32.2. The van der Waals surface area contributed by atoms with Gasteiger partial charge in [-0.25, -0.2) is 17.2 Å². The number of carbonyl (C=O) groups excluding carboxylic acids is 1. The number of nitrogens with zero attached hydrogens (tertiary/aromatic N) is 1. The molecule has 1 heterocycles. The molecule has 24 heavy (non-hydrogen) atoms. The molecule has 0 unspecified atom stereocenters. The summed E-state index contributed by atoms with van der Waals surface area (Å²) in [6.45, 7) is 0.363. The maximum absolute atomic E-state index is 13.6. The second kappa shape index (κ2) is 6.20. The van der Waals surface area contributed by atoms with Gasteiger partial charge in [0.15, 0.2) is 0 Å². The van der Waals surface area contributed by atoms with Gasteiger partial charge in [-0.15, -0.1) is 0 Å². The van der Waals surface area contributed by atoms with E-state index in [1.807, 2.05) is 0 Å². The van der Waals surface area contributed by atoms with Crippen LogP contribution in [0.3, 0.4) is 0 Å². The van der Waals surface area contributed by atoms with Crippen LogP contribution < -0.4 is 9.62 Å². The molecule has 0 aromatic heterocycles. The first-order valence-corrected chi connectivity index (χ1v) is 8.85. The molecule has 0 bridgehead atoms. The number of anilines is 2. The predicted molar refractivity (Wildman–Crippen MR) is 86.5 cm³/mol.